The Balaban J connectivity index is 2.30. The summed E-state index contributed by atoms with van der Waals surface area (Å²) < 4.78 is 4.98. The highest BCUT2D eigenvalue weighted by Gasteiger charge is 2.16. The van der Waals surface area contributed by atoms with Crippen molar-refractivity contribution in [3.63, 3.8) is 0 Å². The lowest BCUT2D eigenvalue weighted by Gasteiger charge is -2.19. The fourth-order valence-electron chi connectivity index (χ4n) is 1.74. The zero-order chi connectivity index (χ0) is 19.9. The van der Waals surface area contributed by atoms with E-state index in [2.05, 4.69) is 16.0 Å². The van der Waals surface area contributed by atoms with Gasteiger partial charge in [-0.25, -0.2) is 4.79 Å². The second-order valence-corrected chi connectivity index (χ2v) is 6.32. The third-order valence-corrected chi connectivity index (χ3v) is 2.86. The van der Waals surface area contributed by atoms with Crippen molar-refractivity contribution in [1.82, 2.24) is 16.0 Å². The van der Waals surface area contributed by atoms with Gasteiger partial charge in [0.15, 0.2) is 17.2 Å². The molecule has 0 bridgehead atoms. The average Bonchev–Trinajstić information content (AvgIpc) is 2.52. The summed E-state index contributed by atoms with van der Waals surface area (Å²) in [5, 5.41) is 35.2. The summed E-state index contributed by atoms with van der Waals surface area (Å²) in [5.74, 6) is -3.05. The predicted octanol–water partition coefficient (Wildman–Crippen LogP) is 0.174. The van der Waals surface area contributed by atoms with Gasteiger partial charge < -0.3 is 36.0 Å². The molecule has 0 saturated heterocycles. The number of rotatable bonds is 6. The standard InChI is InChI=1S/C16H23N3O7/c1-16(2,3)26-15(25)19-8-12(22)17-4-5-18-14(24)9-6-10(20)13(23)11(21)7-9/h6-7,20-21,23H,4-5,8H2,1-3H3,(H,17,22)(H,18,24)(H,19,25). The van der Waals surface area contributed by atoms with Crippen molar-refractivity contribution in [2.45, 2.75) is 26.4 Å². The third-order valence-electron chi connectivity index (χ3n) is 2.86. The van der Waals surface area contributed by atoms with Crippen LogP contribution in [0.5, 0.6) is 17.2 Å². The minimum Gasteiger partial charge on any atom is -0.504 e. The SMILES string of the molecule is CC(C)(C)OC(=O)NCC(=O)NCCNC(=O)c1cc(O)c(O)c(O)c1. The number of ether oxygens (including phenoxy) is 1. The van der Waals surface area contributed by atoms with Crippen LogP contribution in [0.25, 0.3) is 0 Å². The van der Waals surface area contributed by atoms with E-state index >= 15 is 0 Å². The highest BCUT2D eigenvalue weighted by atomic mass is 16.6. The van der Waals surface area contributed by atoms with Gasteiger partial charge in [0.05, 0.1) is 6.54 Å². The number of phenolic OH excluding ortho intramolecular Hbond substituents is 3. The number of carbonyl (C=O) groups is 3. The van der Waals surface area contributed by atoms with Crippen LogP contribution in [0.4, 0.5) is 4.79 Å². The summed E-state index contributed by atoms with van der Waals surface area (Å²) in [5.41, 5.74) is -0.724. The Morgan fingerprint density at radius 2 is 1.50 bits per heavy atom. The van der Waals surface area contributed by atoms with Crippen LogP contribution in [-0.4, -0.2) is 58.5 Å². The van der Waals surface area contributed by atoms with E-state index in [4.69, 9.17) is 4.74 Å². The molecule has 1 aromatic rings. The van der Waals surface area contributed by atoms with Crippen molar-refractivity contribution in [2.75, 3.05) is 19.6 Å². The third kappa shape index (κ3) is 7.16. The zero-order valence-electron chi connectivity index (χ0n) is 14.8. The smallest absolute Gasteiger partial charge is 0.408 e. The number of nitrogens with one attached hydrogen (secondary N) is 3. The molecular formula is C16H23N3O7. The van der Waals surface area contributed by atoms with Crippen molar-refractivity contribution < 1.29 is 34.4 Å². The van der Waals surface area contributed by atoms with E-state index in [9.17, 15) is 29.7 Å². The Kier molecular flexibility index (Phi) is 7.06. The van der Waals surface area contributed by atoms with Crippen LogP contribution in [0, 0.1) is 0 Å². The molecule has 0 saturated carbocycles. The number of amides is 3. The first-order valence-corrected chi connectivity index (χ1v) is 7.76. The van der Waals surface area contributed by atoms with Gasteiger partial charge >= 0.3 is 6.09 Å². The number of alkyl carbamates (subject to hydrolysis) is 1. The molecule has 0 aliphatic heterocycles. The maximum absolute atomic E-state index is 11.9. The molecule has 0 aromatic heterocycles. The molecule has 3 amide bonds. The summed E-state index contributed by atoms with van der Waals surface area (Å²) in [7, 11) is 0. The van der Waals surface area contributed by atoms with E-state index in [1.807, 2.05) is 0 Å². The fraction of sp³-hybridized carbons (Fsp3) is 0.438. The van der Waals surface area contributed by atoms with Gasteiger partial charge in [0.25, 0.3) is 5.91 Å². The number of phenols is 3. The van der Waals surface area contributed by atoms with E-state index in [1.54, 1.807) is 20.8 Å². The molecule has 0 fully saturated rings. The van der Waals surface area contributed by atoms with Gasteiger partial charge in [-0.05, 0) is 32.9 Å². The highest BCUT2D eigenvalue weighted by molar-refractivity contribution is 5.95. The first-order chi connectivity index (χ1) is 12.0. The molecule has 0 aliphatic rings. The zero-order valence-corrected chi connectivity index (χ0v) is 14.8. The van der Waals surface area contributed by atoms with Gasteiger partial charge in [-0.3, -0.25) is 9.59 Å². The molecule has 0 heterocycles. The summed E-state index contributed by atoms with van der Waals surface area (Å²) in [6.07, 6.45) is -0.715. The predicted molar refractivity (Wildman–Crippen MR) is 91.0 cm³/mol. The summed E-state index contributed by atoms with van der Waals surface area (Å²) in [6, 6.07) is 1.99. The van der Waals surface area contributed by atoms with Crippen molar-refractivity contribution >= 4 is 17.9 Å². The molecule has 0 atom stereocenters. The molecule has 6 N–H and O–H groups in total. The molecule has 1 aromatic carbocycles. The second-order valence-electron chi connectivity index (χ2n) is 6.32. The fourth-order valence-corrected chi connectivity index (χ4v) is 1.74. The van der Waals surface area contributed by atoms with Crippen LogP contribution < -0.4 is 16.0 Å². The number of aromatic hydroxyl groups is 3. The monoisotopic (exact) mass is 369 g/mol. The molecule has 0 unspecified atom stereocenters. The van der Waals surface area contributed by atoms with Gasteiger partial charge in [-0.1, -0.05) is 0 Å². The van der Waals surface area contributed by atoms with Crippen LogP contribution >= 0.6 is 0 Å². The number of carbonyl (C=O) groups excluding carboxylic acids is 3. The lowest BCUT2D eigenvalue weighted by molar-refractivity contribution is -0.120. The van der Waals surface area contributed by atoms with Gasteiger partial charge in [-0.15, -0.1) is 0 Å². The number of hydrogen-bond acceptors (Lipinski definition) is 7. The number of benzene rings is 1. The maximum atomic E-state index is 11.9. The van der Waals surface area contributed by atoms with Crippen LogP contribution in [0.1, 0.15) is 31.1 Å². The van der Waals surface area contributed by atoms with Gasteiger partial charge in [0.1, 0.15) is 5.60 Å². The molecule has 26 heavy (non-hydrogen) atoms. The Morgan fingerprint density at radius 1 is 0.962 bits per heavy atom. The van der Waals surface area contributed by atoms with Gasteiger partial charge in [0, 0.05) is 18.7 Å². The molecule has 1 rings (SSSR count). The van der Waals surface area contributed by atoms with E-state index < -0.39 is 40.8 Å². The summed E-state index contributed by atoms with van der Waals surface area (Å²) in [4.78, 5) is 34.8. The molecule has 0 radical (unpaired) electrons. The molecule has 0 spiro atoms. The van der Waals surface area contributed by atoms with Crippen LogP contribution in [0.3, 0.4) is 0 Å². The average molecular weight is 369 g/mol. The summed E-state index contributed by atoms with van der Waals surface area (Å²) in [6.45, 7) is 4.98. The minimum atomic E-state index is -0.716. The molecule has 0 aliphatic carbocycles. The molecule has 10 heteroatoms. The first-order valence-electron chi connectivity index (χ1n) is 7.76. The Bertz CT molecular complexity index is 660. The topological polar surface area (TPSA) is 157 Å². The first kappa shape index (κ1) is 20.9. The number of hydrogen-bond donors (Lipinski definition) is 6. The lowest BCUT2D eigenvalue weighted by Crippen LogP contribution is -2.42. The van der Waals surface area contributed by atoms with Gasteiger partial charge in [-0.2, -0.15) is 0 Å². The van der Waals surface area contributed by atoms with Crippen molar-refractivity contribution in [1.29, 1.82) is 0 Å². The molecule has 10 nitrogen and oxygen atoms in total. The van der Waals surface area contributed by atoms with E-state index in [0.29, 0.717) is 0 Å². The normalized spacial score (nSPS) is 10.7. The molecule has 144 valence electrons. The maximum Gasteiger partial charge on any atom is 0.408 e. The Labute approximate surface area is 150 Å². The van der Waals surface area contributed by atoms with Gasteiger partial charge in [0.2, 0.25) is 5.91 Å². The Morgan fingerprint density at radius 3 is 2.04 bits per heavy atom. The molecular weight excluding hydrogens is 346 g/mol. The van der Waals surface area contributed by atoms with E-state index in [0.717, 1.165) is 12.1 Å². The largest absolute Gasteiger partial charge is 0.504 e. The van der Waals surface area contributed by atoms with E-state index in [1.165, 1.54) is 0 Å². The van der Waals surface area contributed by atoms with Crippen LogP contribution in [-0.2, 0) is 9.53 Å². The van der Waals surface area contributed by atoms with Crippen molar-refractivity contribution in [3.8, 4) is 17.2 Å². The summed E-state index contributed by atoms with van der Waals surface area (Å²) >= 11 is 0. The lowest BCUT2D eigenvalue weighted by atomic mass is 10.1. The highest BCUT2D eigenvalue weighted by Crippen LogP contribution is 2.35. The Hall–Kier alpha value is -3.17. The quantitative estimate of drug-likeness (QED) is 0.308. The van der Waals surface area contributed by atoms with E-state index in [-0.39, 0.29) is 25.2 Å². The second kappa shape index (κ2) is 8.79. The van der Waals surface area contributed by atoms with Crippen molar-refractivity contribution in [2.24, 2.45) is 0 Å². The van der Waals surface area contributed by atoms with Crippen LogP contribution in [0.2, 0.25) is 0 Å². The van der Waals surface area contributed by atoms with Crippen LogP contribution in [0.15, 0.2) is 12.1 Å². The van der Waals surface area contributed by atoms with Crippen molar-refractivity contribution in [3.05, 3.63) is 17.7 Å². The minimum absolute atomic E-state index is 0.0595.